The zero-order valence-corrected chi connectivity index (χ0v) is 15.8. The predicted molar refractivity (Wildman–Crippen MR) is 109 cm³/mol. The van der Waals surface area contributed by atoms with Gasteiger partial charge in [0.25, 0.3) is 11.6 Å². The number of benzene rings is 3. The summed E-state index contributed by atoms with van der Waals surface area (Å²) < 4.78 is 11.5. The lowest BCUT2D eigenvalue weighted by Gasteiger charge is -2.20. The van der Waals surface area contributed by atoms with Crippen molar-refractivity contribution in [2.45, 2.75) is 13.0 Å². The van der Waals surface area contributed by atoms with Gasteiger partial charge in [0, 0.05) is 17.7 Å². The van der Waals surface area contributed by atoms with Gasteiger partial charge in [-0.15, -0.1) is 0 Å². The van der Waals surface area contributed by atoms with Crippen molar-refractivity contribution in [1.29, 1.82) is 0 Å². The van der Waals surface area contributed by atoms with E-state index in [2.05, 4.69) is 5.32 Å². The smallest absolute Gasteiger partial charge is 0.270 e. The van der Waals surface area contributed by atoms with Gasteiger partial charge in [0.05, 0.1) is 17.2 Å². The predicted octanol–water partition coefficient (Wildman–Crippen LogP) is 4.75. The van der Waals surface area contributed by atoms with Crippen LogP contribution in [0.4, 0.5) is 11.4 Å². The summed E-state index contributed by atoms with van der Waals surface area (Å²) in [6.45, 7) is 2.33. The van der Waals surface area contributed by atoms with Crippen LogP contribution in [0.25, 0.3) is 0 Å². The summed E-state index contributed by atoms with van der Waals surface area (Å²) >= 11 is 0. The molecule has 3 aromatic rings. The van der Waals surface area contributed by atoms with Gasteiger partial charge < -0.3 is 14.8 Å². The zero-order chi connectivity index (χ0) is 20.6. The first-order valence-corrected chi connectivity index (χ1v) is 9.07. The van der Waals surface area contributed by atoms with Crippen LogP contribution in [0.3, 0.4) is 0 Å². The number of rotatable bonds is 8. The molecule has 0 bridgehead atoms. The molecule has 1 N–H and O–H groups in total. The van der Waals surface area contributed by atoms with Crippen LogP contribution in [0.2, 0.25) is 0 Å². The molecule has 0 aromatic heterocycles. The fourth-order valence-corrected chi connectivity index (χ4v) is 2.73. The Morgan fingerprint density at radius 2 is 1.66 bits per heavy atom. The van der Waals surface area contributed by atoms with E-state index in [1.807, 2.05) is 31.2 Å². The van der Waals surface area contributed by atoms with E-state index in [0.717, 1.165) is 0 Å². The Labute approximate surface area is 168 Å². The van der Waals surface area contributed by atoms with E-state index in [0.29, 0.717) is 29.4 Å². The van der Waals surface area contributed by atoms with Crippen LogP contribution in [-0.4, -0.2) is 17.4 Å². The first-order chi connectivity index (χ1) is 14.1. The number of nitrogens with one attached hydrogen (secondary N) is 1. The highest BCUT2D eigenvalue weighted by molar-refractivity contribution is 5.96. The van der Waals surface area contributed by atoms with Gasteiger partial charge in [0.15, 0.2) is 0 Å². The number of amides is 1. The molecule has 29 heavy (non-hydrogen) atoms. The highest BCUT2D eigenvalue weighted by Crippen LogP contribution is 2.28. The Balaban J connectivity index is 1.86. The average molecular weight is 392 g/mol. The monoisotopic (exact) mass is 392 g/mol. The SMILES string of the molecule is CCOc1ccccc1NC(=O)C(Oc1ccc([N+](=O)[O-])cc1)c1ccccc1. The number of nitro groups is 1. The molecule has 7 nitrogen and oxygen atoms in total. The number of ether oxygens (including phenoxy) is 2. The molecule has 0 saturated carbocycles. The van der Waals surface area contributed by atoms with E-state index in [-0.39, 0.29) is 11.6 Å². The molecule has 1 amide bonds. The van der Waals surface area contributed by atoms with Gasteiger partial charge in [-0.3, -0.25) is 14.9 Å². The molecule has 148 valence electrons. The molecule has 3 rings (SSSR count). The summed E-state index contributed by atoms with van der Waals surface area (Å²) in [4.78, 5) is 23.4. The summed E-state index contributed by atoms with van der Waals surface area (Å²) in [5.41, 5.74) is 1.13. The van der Waals surface area contributed by atoms with Crippen molar-refractivity contribution < 1.29 is 19.2 Å². The third-order valence-corrected chi connectivity index (χ3v) is 4.09. The third kappa shape index (κ3) is 5.10. The second-order valence-electron chi connectivity index (χ2n) is 6.08. The summed E-state index contributed by atoms with van der Waals surface area (Å²) in [6.07, 6.45) is -0.952. The highest BCUT2D eigenvalue weighted by Gasteiger charge is 2.24. The molecule has 1 atom stereocenters. The maximum absolute atomic E-state index is 13.0. The van der Waals surface area contributed by atoms with Gasteiger partial charge >= 0.3 is 0 Å². The Morgan fingerprint density at radius 3 is 2.31 bits per heavy atom. The third-order valence-electron chi connectivity index (χ3n) is 4.09. The summed E-state index contributed by atoms with van der Waals surface area (Å²) in [5.74, 6) is 0.518. The van der Waals surface area contributed by atoms with Crippen LogP contribution in [0, 0.1) is 10.1 Å². The van der Waals surface area contributed by atoms with Crippen LogP contribution >= 0.6 is 0 Å². The summed E-state index contributed by atoms with van der Waals surface area (Å²) in [7, 11) is 0. The minimum absolute atomic E-state index is 0.0521. The van der Waals surface area contributed by atoms with E-state index in [9.17, 15) is 14.9 Å². The molecule has 0 fully saturated rings. The Bertz CT molecular complexity index is 974. The Morgan fingerprint density at radius 1 is 1.00 bits per heavy atom. The molecule has 7 heteroatoms. The number of non-ortho nitro benzene ring substituents is 1. The maximum Gasteiger partial charge on any atom is 0.270 e. The Hall–Kier alpha value is -3.87. The normalized spacial score (nSPS) is 11.3. The molecule has 3 aromatic carbocycles. The first-order valence-electron chi connectivity index (χ1n) is 9.07. The van der Waals surface area contributed by atoms with Crippen molar-refractivity contribution in [2.75, 3.05) is 11.9 Å². The summed E-state index contributed by atoms with van der Waals surface area (Å²) in [5, 5.41) is 13.7. The van der Waals surface area contributed by atoms with Crippen LogP contribution in [0.5, 0.6) is 11.5 Å². The number of nitro benzene ring substituents is 1. The molecule has 0 saturated heterocycles. The van der Waals surface area contributed by atoms with Gasteiger partial charge in [0.2, 0.25) is 6.10 Å². The number of nitrogens with zero attached hydrogens (tertiary/aromatic N) is 1. The van der Waals surface area contributed by atoms with E-state index < -0.39 is 11.0 Å². The zero-order valence-electron chi connectivity index (χ0n) is 15.8. The van der Waals surface area contributed by atoms with Crippen molar-refractivity contribution >= 4 is 17.3 Å². The second-order valence-corrected chi connectivity index (χ2v) is 6.08. The fourth-order valence-electron chi connectivity index (χ4n) is 2.73. The molecule has 0 heterocycles. The number of anilines is 1. The molecular weight excluding hydrogens is 372 g/mol. The van der Waals surface area contributed by atoms with Crippen molar-refractivity contribution in [3.63, 3.8) is 0 Å². The van der Waals surface area contributed by atoms with Crippen molar-refractivity contribution in [1.82, 2.24) is 0 Å². The quantitative estimate of drug-likeness (QED) is 0.441. The van der Waals surface area contributed by atoms with Crippen molar-refractivity contribution in [3.8, 4) is 11.5 Å². The Kier molecular flexibility index (Phi) is 6.42. The van der Waals surface area contributed by atoms with Gasteiger partial charge in [-0.2, -0.15) is 0 Å². The fraction of sp³-hybridized carbons (Fsp3) is 0.136. The lowest BCUT2D eigenvalue weighted by Crippen LogP contribution is -2.26. The minimum atomic E-state index is -0.952. The van der Waals surface area contributed by atoms with Gasteiger partial charge in [-0.05, 0) is 31.2 Å². The van der Waals surface area contributed by atoms with Gasteiger partial charge in [-0.1, -0.05) is 42.5 Å². The molecule has 0 aliphatic rings. The lowest BCUT2D eigenvalue weighted by atomic mass is 10.1. The van der Waals surface area contributed by atoms with E-state index >= 15 is 0 Å². The first kappa shape index (κ1) is 19.9. The van der Waals surface area contributed by atoms with Gasteiger partial charge in [0.1, 0.15) is 11.5 Å². The maximum atomic E-state index is 13.0. The van der Waals surface area contributed by atoms with Crippen molar-refractivity contribution in [2.24, 2.45) is 0 Å². The van der Waals surface area contributed by atoms with E-state index in [1.165, 1.54) is 24.3 Å². The molecule has 0 spiro atoms. The summed E-state index contributed by atoms with van der Waals surface area (Å²) in [6, 6.07) is 21.8. The topological polar surface area (TPSA) is 90.7 Å². The van der Waals surface area contributed by atoms with E-state index in [1.54, 1.807) is 30.3 Å². The second kappa shape index (κ2) is 9.36. The molecule has 0 aliphatic carbocycles. The standard InChI is InChI=1S/C22H20N2O5/c1-2-28-20-11-7-6-10-19(20)23-22(25)21(16-8-4-3-5-9-16)29-18-14-12-17(13-15-18)24(26)27/h3-15,21H,2H2,1H3,(H,23,25). The molecule has 0 radical (unpaired) electrons. The average Bonchev–Trinajstić information content (AvgIpc) is 2.74. The molecule has 0 aliphatic heterocycles. The van der Waals surface area contributed by atoms with Crippen LogP contribution in [-0.2, 0) is 4.79 Å². The largest absolute Gasteiger partial charge is 0.492 e. The molecule has 1 unspecified atom stereocenters. The van der Waals surface area contributed by atoms with Gasteiger partial charge in [-0.25, -0.2) is 0 Å². The number of hydrogen-bond donors (Lipinski definition) is 1. The minimum Gasteiger partial charge on any atom is -0.492 e. The lowest BCUT2D eigenvalue weighted by molar-refractivity contribution is -0.384. The number of carbonyl (C=O) groups excluding carboxylic acids is 1. The number of carbonyl (C=O) groups is 1. The molecular formula is C22H20N2O5. The van der Waals surface area contributed by atoms with Crippen LogP contribution < -0.4 is 14.8 Å². The number of para-hydroxylation sites is 2. The van der Waals surface area contributed by atoms with Crippen molar-refractivity contribution in [3.05, 3.63) is 94.5 Å². The van der Waals surface area contributed by atoms with Crippen LogP contribution in [0.1, 0.15) is 18.6 Å². The van der Waals surface area contributed by atoms with E-state index in [4.69, 9.17) is 9.47 Å². The number of hydrogen-bond acceptors (Lipinski definition) is 5. The van der Waals surface area contributed by atoms with Crippen LogP contribution in [0.15, 0.2) is 78.9 Å². The highest BCUT2D eigenvalue weighted by atomic mass is 16.6.